The second-order valence-corrected chi connectivity index (χ2v) is 6.95. The Bertz CT molecular complexity index is 888. The van der Waals surface area contributed by atoms with Crippen LogP contribution in [0, 0.1) is 0 Å². The van der Waals surface area contributed by atoms with Gasteiger partial charge in [-0.1, -0.05) is 60.7 Å². The van der Waals surface area contributed by atoms with Crippen molar-refractivity contribution in [3.05, 3.63) is 96.1 Å². The third-order valence-corrected chi connectivity index (χ3v) is 4.80. The van der Waals surface area contributed by atoms with Gasteiger partial charge in [0.05, 0.1) is 6.21 Å². The minimum Gasteiger partial charge on any atom is -0.457 e. The molecule has 1 aliphatic rings. The number of nitrogens with zero attached hydrogens (tertiary/aromatic N) is 3. The highest BCUT2D eigenvalue weighted by Gasteiger charge is 2.15. The topological polar surface area (TPSA) is 28.1 Å². The first-order valence-corrected chi connectivity index (χ1v) is 9.73. The smallest absolute Gasteiger partial charge is 0.128 e. The number of benzene rings is 3. The number of piperazine rings is 1. The van der Waals surface area contributed by atoms with Crippen molar-refractivity contribution in [3.8, 4) is 11.5 Å². The fourth-order valence-electron chi connectivity index (χ4n) is 3.28. The summed E-state index contributed by atoms with van der Waals surface area (Å²) >= 11 is 0. The number of hydrazone groups is 1. The van der Waals surface area contributed by atoms with Crippen molar-refractivity contribution in [1.82, 2.24) is 9.91 Å². The highest BCUT2D eigenvalue weighted by Crippen LogP contribution is 2.21. The summed E-state index contributed by atoms with van der Waals surface area (Å²) in [5.41, 5.74) is 2.41. The van der Waals surface area contributed by atoms with Crippen LogP contribution in [0.4, 0.5) is 0 Å². The highest BCUT2D eigenvalue weighted by atomic mass is 16.5. The molecule has 3 aromatic carbocycles. The first-order valence-electron chi connectivity index (χ1n) is 9.73. The number of ether oxygens (including phenoxy) is 1. The monoisotopic (exact) mass is 371 g/mol. The molecular formula is C24H25N3O. The molecule has 0 amide bonds. The summed E-state index contributed by atoms with van der Waals surface area (Å²) in [5.74, 6) is 1.66. The average Bonchev–Trinajstić information content (AvgIpc) is 2.75. The van der Waals surface area contributed by atoms with E-state index in [2.05, 4.69) is 45.3 Å². The molecule has 1 saturated heterocycles. The van der Waals surface area contributed by atoms with E-state index in [1.54, 1.807) is 0 Å². The van der Waals surface area contributed by atoms with Gasteiger partial charge in [-0.2, -0.15) is 5.10 Å². The Morgan fingerprint density at radius 3 is 2.18 bits per heavy atom. The predicted octanol–water partition coefficient (Wildman–Crippen LogP) is 4.63. The minimum atomic E-state index is 0.822. The molecule has 142 valence electrons. The van der Waals surface area contributed by atoms with Crippen LogP contribution in [0.25, 0.3) is 0 Å². The van der Waals surface area contributed by atoms with Gasteiger partial charge in [0.15, 0.2) is 0 Å². The summed E-state index contributed by atoms with van der Waals surface area (Å²) < 4.78 is 5.90. The molecule has 0 spiro atoms. The molecule has 0 radical (unpaired) electrons. The molecule has 1 aliphatic heterocycles. The van der Waals surface area contributed by atoms with E-state index in [-0.39, 0.29) is 0 Å². The summed E-state index contributed by atoms with van der Waals surface area (Å²) in [5, 5.41) is 6.81. The van der Waals surface area contributed by atoms with Crippen LogP contribution >= 0.6 is 0 Å². The molecule has 4 rings (SSSR count). The Hall–Kier alpha value is -3.11. The zero-order valence-electron chi connectivity index (χ0n) is 15.9. The highest BCUT2D eigenvalue weighted by molar-refractivity contribution is 5.80. The predicted molar refractivity (Wildman–Crippen MR) is 114 cm³/mol. The molecule has 0 aliphatic carbocycles. The quantitative estimate of drug-likeness (QED) is 0.591. The van der Waals surface area contributed by atoms with Crippen LogP contribution in [0.15, 0.2) is 90.0 Å². The van der Waals surface area contributed by atoms with Crippen molar-refractivity contribution < 1.29 is 4.74 Å². The molecule has 0 saturated carbocycles. The van der Waals surface area contributed by atoms with Crippen LogP contribution in [0.2, 0.25) is 0 Å². The molecule has 0 bridgehead atoms. The fourth-order valence-corrected chi connectivity index (χ4v) is 3.28. The van der Waals surface area contributed by atoms with Gasteiger partial charge in [0.1, 0.15) is 11.5 Å². The van der Waals surface area contributed by atoms with Gasteiger partial charge < -0.3 is 4.74 Å². The molecule has 1 heterocycles. The fraction of sp³-hybridized carbons (Fsp3) is 0.208. The lowest BCUT2D eigenvalue weighted by atomic mass is 10.2. The largest absolute Gasteiger partial charge is 0.457 e. The van der Waals surface area contributed by atoms with Crippen molar-refractivity contribution >= 4 is 6.21 Å². The van der Waals surface area contributed by atoms with Gasteiger partial charge in [0.25, 0.3) is 0 Å². The Morgan fingerprint density at radius 2 is 1.43 bits per heavy atom. The van der Waals surface area contributed by atoms with E-state index in [4.69, 9.17) is 4.74 Å². The van der Waals surface area contributed by atoms with E-state index in [1.807, 2.05) is 60.8 Å². The molecule has 0 aromatic heterocycles. The summed E-state index contributed by atoms with van der Waals surface area (Å²) in [6.07, 6.45) is 1.92. The van der Waals surface area contributed by atoms with Crippen LogP contribution in [-0.2, 0) is 6.54 Å². The zero-order valence-corrected chi connectivity index (χ0v) is 15.9. The Balaban J connectivity index is 1.30. The molecule has 3 aromatic rings. The number of rotatable bonds is 6. The number of hydrogen-bond acceptors (Lipinski definition) is 4. The molecule has 4 nitrogen and oxygen atoms in total. The van der Waals surface area contributed by atoms with Crippen molar-refractivity contribution in [2.45, 2.75) is 6.54 Å². The SMILES string of the molecule is C(=N\N1CCN(Cc2ccccc2)CC1)/c1cccc(Oc2ccccc2)c1. The first kappa shape index (κ1) is 18.3. The minimum absolute atomic E-state index is 0.822. The van der Waals surface area contributed by atoms with Crippen LogP contribution < -0.4 is 4.74 Å². The normalized spacial score (nSPS) is 15.1. The van der Waals surface area contributed by atoms with Crippen LogP contribution in [0.1, 0.15) is 11.1 Å². The van der Waals surface area contributed by atoms with Gasteiger partial charge in [-0.25, -0.2) is 0 Å². The summed E-state index contributed by atoms with van der Waals surface area (Å²) in [7, 11) is 0. The standard InChI is InChI=1S/C24H25N3O/c1-3-8-21(9-4-1)20-26-14-16-27(17-15-26)25-19-22-10-7-13-24(18-22)28-23-11-5-2-6-12-23/h1-13,18-19H,14-17,20H2/b25-19+. The van der Waals surface area contributed by atoms with Gasteiger partial charge in [0, 0.05) is 32.7 Å². The Morgan fingerprint density at radius 1 is 0.750 bits per heavy atom. The Kier molecular flexibility index (Phi) is 6.00. The van der Waals surface area contributed by atoms with E-state index in [9.17, 15) is 0 Å². The third kappa shape index (κ3) is 5.21. The molecule has 4 heteroatoms. The Labute approximate surface area is 166 Å². The lowest BCUT2D eigenvalue weighted by Crippen LogP contribution is -2.43. The van der Waals surface area contributed by atoms with Crippen molar-refractivity contribution in [2.75, 3.05) is 26.2 Å². The van der Waals surface area contributed by atoms with Crippen molar-refractivity contribution in [3.63, 3.8) is 0 Å². The van der Waals surface area contributed by atoms with E-state index in [0.29, 0.717) is 0 Å². The maximum Gasteiger partial charge on any atom is 0.128 e. The lowest BCUT2D eigenvalue weighted by molar-refractivity contribution is 0.131. The molecule has 28 heavy (non-hydrogen) atoms. The third-order valence-electron chi connectivity index (χ3n) is 4.80. The van der Waals surface area contributed by atoms with Crippen LogP contribution in [0.5, 0.6) is 11.5 Å². The van der Waals surface area contributed by atoms with Crippen molar-refractivity contribution in [1.29, 1.82) is 0 Å². The maximum atomic E-state index is 5.90. The van der Waals surface area contributed by atoms with E-state index >= 15 is 0 Å². The van der Waals surface area contributed by atoms with Gasteiger partial charge in [-0.3, -0.25) is 9.91 Å². The average molecular weight is 371 g/mol. The van der Waals surface area contributed by atoms with Crippen LogP contribution in [-0.4, -0.2) is 42.3 Å². The number of hydrogen-bond donors (Lipinski definition) is 0. The summed E-state index contributed by atoms with van der Waals surface area (Å²) in [6, 6.07) is 28.5. The van der Waals surface area contributed by atoms with Crippen molar-refractivity contribution in [2.24, 2.45) is 5.10 Å². The van der Waals surface area contributed by atoms with Gasteiger partial charge in [-0.05, 0) is 35.4 Å². The van der Waals surface area contributed by atoms with E-state index in [1.165, 1.54) is 5.56 Å². The van der Waals surface area contributed by atoms with E-state index in [0.717, 1.165) is 49.8 Å². The molecule has 0 unspecified atom stereocenters. The zero-order chi connectivity index (χ0) is 19.0. The second kappa shape index (κ2) is 9.20. The van der Waals surface area contributed by atoms with E-state index < -0.39 is 0 Å². The molecule has 1 fully saturated rings. The molecule has 0 N–H and O–H groups in total. The summed E-state index contributed by atoms with van der Waals surface area (Å²) in [4.78, 5) is 2.48. The summed E-state index contributed by atoms with van der Waals surface area (Å²) in [6.45, 7) is 4.97. The molecular weight excluding hydrogens is 346 g/mol. The van der Waals surface area contributed by atoms with Gasteiger partial charge in [-0.15, -0.1) is 0 Å². The van der Waals surface area contributed by atoms with Gasteiger partial charge >= 0.3 is 0 Å². The first-order chi connectivity index (χ1) is 13.8. The van der Waals surface area contributed by atoms with Gasteiger partial charge in [0.2, 0.25) is 0 Å². The lowest BCUT2D eigenvalue weighted by Gasteiger charge is -2.33. The van der Waals surface area contributed by atoms with Crippen LogP contribution in [0.3, 0.4) is 0 Å². The maximum absolute atomic E-state index is 5.90. The number of para-hydroxylation sites is 1. The molecule has 0 atom stereocenters. The second-order valence-electron chi connectivity index (χ2n) is 6.95.